The van der Waals surface area contributed by atoms with Gasteiger partial charge in [0.25, 0.3) is 5.91 Å². The van der Waals surface area contributed by atoms with Gasteiger partial charge in [0.1, 0.15) is 5.54 Å². The summed E-state index contributed by atoms with van der Waals surface area (Å²) in [7, 11) is 0. The number of hydrogen-bond donors (Lipinski definition) is 3. The van der Waals surface area contributed by atoms with Crippen molar-refractivity contribution in [2.45, 2.75) is 43.6 Å². The number of piperidine rings is 2. The molecule has 7 nitrogen and oxygen atoms in total. The van der Waals surface area contributed by atoms with Gasteiger partial charge in [-0.25, -0.2) is 4.79 Å². The SMILES string of the molecule is O=C1NC(=O)C(CC(=O)N2CCC(c3ccc(-c4ccccc4)cc3)CC2)(C2CCCNC2)N1. The molecule has 3 aliphatic heterocycles. The van der Waals surface area contributed by atoms with Gasteiger partial charge in [-0.15, -0.1) is 0 Å². The Morgan fingerprint density at radius 3 is 2.26 bits per heavy atom. The van der Waals surface area contributed by atoms with Gasteiger partial charge in [0.05, 0.1) is 6.42 Å². The maximum atomic E-state index is 13.3. The van der Waals surface area contributed by atoms with E-state index in [1.165, 1.54) is 16.7 Å². The van der Waals surface area contributed by atoms with Gasteiger partial charge in [-0.3, -0.25) is 14.9 Å². The molecular weight excluding hydrogens is 428 g/mol. The van der Waals surface area contributed by atoms with Crippen LogP contribution in [0.2, 0.25) is 0 Å². The number of rotatable bonds is 5. The lowest BCUT2D eigenvalue weighted by Crippen LogP contribution is -2.59. The number of carbonyl (C=O) groups excluding carboxylic acids is 3. The fourth-order valence-electron chi connectivity index (χ4n) is 5.72. The average molecular weight is 461 g/mol. The summed E-state index contributed by atoms with van der Waals surface area (Å²) < 4.78 is 0. The highest BCUT2D eigenvalue weighted by Gasteiger charge is 2.53. The zero-order valence-corrected chi connectivity index (χ0v) is 19.4. The minimum Gasteiger partial charge on any atom is -0.343 e. The van der Waals surface area contributed by atoms with E-state index in [0.717, 1.165) is 32.2 Å². The topological polar surface area (TPSA) is 90.5 Å². The lowest BCUT2D eigenvalue weighted by Gasteiger charge is -2.39. The molecule has 0 saturated carbocycles. The fourth-order valence-corrected chi connectivity index (χ4v) is 5.72. The number of benzene rings is 2. The predicted octanol–water partition coefficient (Wildman–Crippen LogP) is 3.03. The highest BCUT2D eigenvalue weighted by Crippen LogP contribution is 2.34. The first-order valence-electron chi connectivity index (χ1n) is 12.3. The fraction of sp³-hybridized carbons (Fsp3) is 0.444. The second-order valence-corrected chi connectivity index (χ2v) is 9.74. The molecule has 3 heterocycles. The molecule has 2 atom stereocenters. The van der Waals surface area contributed by atoms with Crippen molar-refractivity contribution in [1.82, 2.24) is 20.9 Å². The van der Waals surface area contributed by atoms with Crippen LogP contribution >= 0.6 is 0 Å². The minimum absolute atomic E-state index is 0.0212. The van der Waals surface area contributed by atoms with E-state index in [1.807, 2.05) is 23.1 Å². The molecule has 3 fully saturated rings. The van der Waals surface area contributed by atoms with Crippen LogP contribution in [0.3, 0.4) is 0 Å². The number of likely N-dealkylation sites (tertiary alicyclic amines) is 1. The Hall–Kier alpha value is -3.19. The zero-order valence-electron chi connectivity index (χ0n) is 19.4. The smallest absolute Gasteiger partial charge is 0.322 e. The van der Waals surface area contributed by atoms with E-state index in [0.29, 0.717) is 25.6 Å². The van der Waals surface area contributed by atoms with Crippen LogP contribution in [0.25, 0.3) is 11.1 Å². The molecule has 2 aromatic rings. The highest BCUT2D eigenvalue weighted by molar-refractivity contribution is 6.09. The normalized spacial score (nSPS) is 25.6. The number of hydrogen-bond acceptors (Lipinski definition) is 4. The van der Waals surface area contributed by atoms with E-state index in [1.54, 1.807) is 0 Å². The van der Waals surface area contributed by atoms with E-state index >= 15 is 0 Å². The molecule has 0 bridgehead atoms. The van der Waals surface area contributed by atoms with E-state index < -0.39 is 11.6 Å². The van der Waals surface area contributed by atoms with Crippen molar-refractivity contribution in [2.24, 2.45) is 5.92 Å². The van der Waals surface area contributed by atoms with Gasteiger partial charge in [-0.1, -0.05) is 54.6 Å². The summed E-state index contributed by atoms with van der Waals surface area (Å²) in [5, 5.41) is 8.50. The summed E-state index contributed by atoms with van der Waals surface area (Å²) in [6.07, 6.45) is 3.56. The first-order chi connectivity index (χ1) is 16.5. The largest absolute Gasteiger partial charge is 0.343 e. The molecule has 0 radical (unpaired) electrons. The molecule has 178 valence electrons. The summed E-state index contributed by atoms with van der Waals surface area (Å²) in [6, 6.07) is 18.6. The molecule has 3 N–H and O–H groups in total. The number of nitrogens with zero attached hydrogens (tertiary/aromatic N) is 1. The number of amides is 4. The summed E-state index contributed by atoms with van der Waals surface area (Å²) >= 11 is 0. The highest BCUT2D eigenvalue weighted by atomic mass is 16.2. The van der Waals surface area contributed by atoms with Gasteiger partial charge in [0.2, 0.25) is 5.91 Å². The van der Waals surface area contributed by atoms with Crippen LogP contribution in [0.15, 0.2) is 54.6 Å². The first-order valence-corrected chi connectivity index (χ1v) is 12.3. The third-order valence-corrected chi connectivity index (χ3v) is 7.73. The molecule has 0 spiro atoms. The average Bonchev–Trinajstić information content (AvgIpc) is 3.18. The minimum atomic E-state index is -1.15. The van der Waals surface area contributed by atoms with Crippen molar-refractivity contribution in [3.05, 3.63) is 60.2 Å². The summed E-state index contributed by atoms with van der Waals surface area (Å²) in [4.78, 5) is 39.9. The second-order valence-electron chi connectivity index (χ2n) is 9.74. The third kappa shape index (κ3) is 4.44. The molecule has 3 aliphatic rings. The van der Waals surface area contributed by atoms with Gasteiger partial charge in [-0.2, -0.15) is 0 Å². The molecule has 0 aliphatic carbocycles. The molecule has 3 saturated heterocycles. The number of nitrogens with one attached hydrogen (secondary N) is 3. The van der Waals surface area contributed by atoms with Crippen LogP contribution in [0.1, 0.15) is 43.6 Å². The maximum absolute atomic E-state index is 13.3. The van der Waals surface area contributed by atoms with Gasteiger partial charge in [-0.05, 0) is 54.8 Å². The molecule has 2 unspecified atom stereocenters. The Bertz CT molecular complexity index is 1040. The Morgan fingerprint density at radius 1 is 0.941 bits per heavy atom. The van der Waals surface area contributed by atoms with E-state index in [4.69, 9.17) is 0 Å². The number of imide groups is 1. The molecule has 0 aromatic heterocycles. The molecule has 4 amide bonds. The van der Waals surface area contributed by atoms with E-state index in [9.17, 15) is 14.4 Å². The van der Waals surface area contributed by atoms with E-state index in [-0.39, 0.29) is 24.2 Å². The summed E-state index contributed by atoms with van der Waals surface area (Å²) in [5.74, 6) is -0.0917. The van der Waals surface area contributed by atoms with Gasteiger partial charge in [0.15, 0.2) is 0 Å². The van der Waals surface area contributed by atoms with Crippen molar-refractivity contribution in [1.29, 1.82) is 0 Å². The van der Waals surface area contributed by atoms with Crippen LogP contribution in [0.4, 0.5) is 4.79 Å². The van der Waals surface area contributed by atoms with Crippen LogP contribution in [-0.2, 0) is 9.59 Å². The van der Waals surface area contributed by atoms with Crippen molar-refractivity contribution < 1.29 is 14.4 Å². The van der Waals surface area contributed by atoms with Crippen LogP contribution in [0.5, 0.6) is 0 Å². The molecule has 5 rings (SSSR count). The van der Waals surface area contributed by atoms with Crippen LogP contribution in [-0.4, -0.2) is 54.5 Å². The monoisotopic (exact) mass is 460 g/mol. The zero-order chi connectivity index (χ0) is 23.5. The maximum Gasteiger partial charge on any atom is 0.322 e. The van der Waals surface area contributed by atoms with Gasteiger partial charge >= 0.3 is 6.03 Å². The lowest BCUT2D eigenvalue weighted by molar-refractivity contribution is -0.139. The van der Waals surface area contributed by atoms with Gasteiger partial charge in [0, 0.05) is 25.6 Å². The second kappa shape index (κ2) is 9.58. The Labute approximate surface area is 200 Å². The number of urea groups is 1. The third-order valence-electron chi connectivity index (χ3n) is 7.73. The standard InChI is InChI=1S/C27H32N4O3/c32-24(17-27(23-7-4-14-28-18-23)25(33)29-26(34)30-27)31-15-12-22(13-16-31)21-10-8-20(9-11-21)19-5-2-1-3-6-19/h1-3,5-6,8-11,22-23,28H,4,7,12-18H2,(H2,29,30,33,34). The summed E-state index contributed by atoms with van der Waals surface area (Å²) in [6.45, 7) is 2.86. The van der Waals surface area contributed by atoms with Crippen molar-refractivity contribution in [3.63, 3.8) is 0 Å². The summed E-state index contributed by atoms with van der Waals surface area (Å²) in [5.41, 5.74) is 2.57. The molecular formula is C27H32N4O3. The van der Waals surface area contributed by atoms with Crippen LogP contribution in [0, 0.1) is 5.92 Å². The Morgan fingerprint density at radius 2 is 1.65 bits per heavy atom. The predicted molar refractivity (Wildman–Crippen MR) is 130 cm³/mol. The number of carbonyl (C=O) groups is 3. The van der Waals surface area contributed by atoms with Crippen LogP contribution < -0.4 is 16.0 Å². The molecule has 34 heavy (non-hydrogen) atoms. The first kappa shape index (κ1) is 22.6. The van der Waals surface area contributed by atoms with E-state index in [2.05, 4.69) is 52.3 Å². The van der Waals surface area contributed by atoms with Gasteiger partial charge < -0.3 is 15.5 Å². The van der Waals surface area contributed by atoms with Crippen molar-refractivity contribution >= 4 is 17.8 Å². The Kier molecular flexibility index (Phi) is 6.37. The Balaban J connectivity index is 1.21. The molecule has 7 heteroatoms. The molecule has 2 aromatic carbocycles. The lowest BCUT2D eigenvalue weighted by atomic mass is 9.76. The van der Waals surface area contributed by atoms with Crippen molar-refractivity contribution in [3.8, 4) is 11.1 Å². The van der Waals surface area contributed by atoms with Crippen molar-refractivity contribution in [2.75, 3.05) is 26.2 Å². The quantitative estimate of drug-likeness (QED) is 0.599.